The lowest BCUT2D eigenvalue weighted by Gasteiger charge is -2.25. The summed E-state index contributed by atoms with van der Waals surface area (Å²) in [6.45, 7) is 0.109. The van der Waals surface area contributed by atoms with Gasteiger partial charge in [0.05, 0.1) is 5.75 Å². The van der Waals surface area contributed by atoms with Gasteiger partial charge in [0.15, 0.2) is 0 Å². The Balaban J connectivity index is 2.12. The summed E-state index contributed by atoms with van der Waals surface area (Å²) in [5.74, 6) is -6.00. The van der Waals surface area contributed by atoms with Gasteiger partial charge in [0.2, 0.25) is 10.0 Å². The molecule has 0 radical (unpaired) electrons. The van der Waals surface area contributed by atoms with Gasteiger partial charge in [-0.25, -0.2) is 17.2 Å². The molecule has 0 bridgehead atoms. The zero-order chi connectivity index (χ0) is 14.3. The first-order chi connectivity index (χ1) is 8.74. The number of alkyl halides is 2. The molecule has 1 aliphatic carbocycles. The molecule has 0 amide bonds. The number of sulfonamides is 1. The lowest BCUT2D eigenvalue weighted by molar-refractivity contribution is -0.140. The standard InChI is InChI=1S/C11H17F2NO4S/c12-11(13)5-1-3-8(11)7-19(17,18)14-6-2-4-9(14)10(15)16/h8-9H,1-7H2,(H,15,16)/t8?,9-/m0/s1. The monoisotopic (exact) mass is 297 g/mol. The summed E-state index contributed by atoms with van der Waals surface area (Å²) < 4.78 is 52.1. The normalized spacial score (nSPS) is 31.7. The molecule has 0 aromatic rings. The van der Waals surface area contributed by atoms with Crippen LogP contribution in [0.3, 0.4) is 0 Å². The first-order valence-corrected chi connectivity index (χ1v) is 7.95. The number of halogens is 2. The molecular formula is C11H17F2NO4S. The zero-order valence-electron chi connectivity index (χ0n) is 10.4. The number of aliphatic carboxylic acids is 1. The highest BCUT2D eigenvalue weighted by Crippen LogP contribution is 2.41. The minimum Gasteiger partial charge on any atom is -0.480 e. The number of nitrogens with zero attached hydrogens (tertiary/aromatic N) is 1. The van der Waals surface area contributed by atoms with E-state index in [4.69, 9.17) is 5.11 Å². The SMILES string of the molecule is O=C(O)[C@@H]1CCCN1S(=O)(=O)CC1CCCC1(F)F. The second-order valence-electron chi connectivity index (χ2n) is 5.24. The fraction of sp³-hybridized carbons (Fsp3) is 0.909. The molecule has 19 heavy (non-hydrogen) atoms. The Kier molecular flexibility index (Phi) is 3.83. The molecule has 1 heterocycles. The van der Waals surface area contributed by atoms with Crippen LogP contribution >= 0.6 is 0 Å². The Labute approximate surface area is 110 Å². The maximum Gasteiger partial charge on any atom is 0.322 e. The third kappa shape index (κ3) is 2.89. The van der Waals surface area contributed by atoms with E-state index in [9.17, 15) is 22.0 Å². The molecule has 2 fully saturated rings. The van der Waals surface area contributed by atoms with E-state index in [1.165, 1.54) is 0 Å². The van der Waals surface area contributed by atoms with Crippen molar-refractivity contribution in [3.63, 3.8) is 0 Å². The summed E-state index contributed by atoms with van der Waals surface area (Å²) in [7, 11) is -3.94. The molecule has 1 saturated heterocycles. The van der Waals surface area contributed by atoms with Crippen LogP contribution in [0.15, 0.2) is 0 Å². The Hall–Kier alpha value is -0.760. The average Bonchev–Trinajstić information content (AvgIpc) is 2.86. The Morgan fingerprint density at radius 1 is 1.32 bits per heavy atom. The van der Waals surface area contributed by atoms with E-state index in [-0.39, 0.29) is 25.8 Å². The molecule has 5 nitrogen and oxygen atoms in total. The molecular weight excluding hydrogens is 280 g/mol. The van der Waals surface area contributed by atoms with Crippen molar-refractivity contribution >= 4 is 16.0 Å². The van der Waals surface area contributed by atoms with Gasteiger partial charge in [-0.2, -0.15) is 4.31 Å². The molecule has 2 atom stereocenters. The number of carboxylic acid groups (broad SMARTS) is 1. The average molecular weight is 297 g/mol. The first kappa shape index (κ1) is 14.6. The summed E-state index contributed by atoms with van der Waals surface area (Å²) in [4.78, 5) is 11.0. The summed E-state index contributed by atoms with van der Waals surface area (Å²) in [5.41, 5.74) is 0. The van der Waals surface area contributed by atoms with Gasteiger partial charge in [0, 0.05) is 18.9 Å². The fourth-order valence-electron chi connectivity index (χ4n) is 2.87. The van der Waals surface area contributed by atoms with E-state index in [0.29, 0.717) is 12.8 Å². The van der Waals surface area contributed by atoms with Gasteiger partial charge in [0.25, 0.3) is 5.92 Å². The first-order valence-electron chi connectivity index (χ1n) is 6.34. The third-order valence-corrected chi connectivity index (χ3v) is 5.89. The van der Waals surface area contributed by atoms with Crippen molar-refractivity contribution in [1.82, 2.24) is 4.31 Å². The van der Waals surface area contributed by atoms with Crippen molar-refractivity contribution in [3.8, 4) is 0 Å². The Bertz CT molecular complexity index is 465. The molecule has 0 spiro atoms. The third-order valence-electron chi connectivity index (χ3n) is 3.92. The van der Waals surface area contributed by atoms with Gasteiger partial charge in [-0.05, 0) is 25.7 Å². The molecule has 1 saturated carbocycles. The van der Waals surface area contributed by atoms with Crippen LogP contribution in [-0.4, -0.2) is 48.1 Å². The number of carboxylic acids is 1. The molecule has 0 aromatic carbocycles. The number of hydrogen-bond donors (Lipinski definition) is 1. The van der Waals surface area contributed by atoms with Crippen LogP contribution in [0.25, 0.3) is 0 Å². The van der Waals surface area contributed by atoms with Crippen LogP contribution in [0.1, 0.15) is 32.1 Å². The number of hydrogen-bond acceptors (Lipinski definition) is 3. The fourth-order valence-corrected chi connectivity index (χ4v) is 4.98. The van der Waals surface area contributed by atoms with Gasteiger partial charge in [-0.1, -0.05) is 0 Å². The highest BCUT2D eigenvalue weighted by molar-refractivity contribution is 7.89. The van der Waals surface area contributed by atoms with Crippen LogP contribution in [0.5, 0.6) is 0 Å². The maximum atomic E-state index is 13.5. The molecule has 1 N–H and O–H groups in total. The van der Waals surface area contributed by atoms with E-state index >= 15 is 0 Å². The quantitative estimate of drug-likeness (QED) is 0.848. The van der Waals surface area contributed by atoms with E-state index in [1.807, 2.05) is 0 Å². The minimum atomic E-state index is -3.94. The molecule has 1 aliphatic heterocycles. The second kappa shape index (κ2) is 4.97. The van der Waals surface area contributed by atoms with Crippen LogP contribution in [0.2, 0.25) is 0 Å². The number of carbonyl (C=O) groups is 1. The van der Waals surface area contributed by atoms with Crippen molar-refractivity contribution in [3.05, 3.63) is 0 Å². The summed E-state index contributed by atoms with van der Waals surface area (Å²) in [6, 6.07) is -1.10. The number of rotatable bonds is 4. The molecule has 1 unspecified atom stereocenters. The van der Waals surface area contributed by atoms with Crippen molar-refractivity contribution in [2.45, 2.75) is 44.1 Å². The van der Waals surface area contributed by atoms with Crippen molar-refractivity contribution < 1.29 is 27.1 Å². The van der Waals surface area contributed by atoms with Gasteiger partial charge in [0.1, 0.15) is 6.04 Å². The molecule has 0 aromatic heterocycles. The topological polar surface area (TPSA) is 74.7 Å². The second-order valence-corrected chi connectivity index (χ2v) is 7.20. The van der Waals surface area contributed by atoms with Crippen molar-refractivity contribution in [2.24, 2.45) is 5.92 Å². The van der Waals surface area contributed by atoms with E-state index in [0.717, 1.165) is 4.31 Å². The Morgan fingerprint density at radius 3 is 2.53 bits per heavy atom. The van der Waals surface area contributed by atoms with E-state index in [2.05, 4.69) is 0 Å². The van der Waals surface area contributed by atoms with E-state index < -0.39 is 39.6 Å². The molecule has 2 rings (SSSR count). The van der Waals surface area contributed by atoms with Crippen molar-refractivity contribution in [1.29, 1.82) is 0 Å². The largest absolute Gasteiger partial charge is 0.480 e. The van der Waals surface area contributed by atoms with Crippen LogP contribution < -0.4 is 0 Å². The smallest absolute Gasteiger partial charge is 0.322 e. The highest BCUT2D eigenvalue weighted by atomic mass is 32.2. The molecule has 2 aliphatic rings. The summed E-state index contributed by atoms with van der Waals surface area (Å²) in [6.07, 6.45) is 0.912. The van der Waals surface area contributed by atoms with Crippen molar-refractivity contribution in [2.75, 3.05) is 12.3 Å². The lowest BCUT2D eigenvalue weighted by Crippen LogP contribution is -2.44. The summed E-state index contributed by atoms with van der Waals surface area (Å²) in [5, 5.41) is 8.96. The molecule has 110 valence electrons. The van der Waals surface area contributed by atoms with Crippen LogP contribution in [-0.2, 0) is 14.8 Å². The van der Waals surface area contributed by atoms with Gasteiger partial charge >= 0.3 is 5.97 Å². The minimum absolute atomic E-state index is 0.109. The van der Waals surface area contributed by atoms with Crippen LogP contribution in [0.4, 0.5) is 8.78 Å². The lowest BCUT2D eigenvalue weighted by atomic mass is 10.1. The predicted octanol–water partition coefficient (Wildman–Crippen LogP) is 1.30. The van der Waals surface area contributed by atoms with Gasteiger partial charge in [-0.3, -0.25) is 4.79 Å². The maximum absolute atomic E-state index is 13.5. The van der Waals surface area contributed by atoms with Crippen LogP contribution in [0, 0.1) is 5.92 Å². The Morgan fingerprint density at radius 2 is 2.00 bits per heavy atom. The predicted molar refractivity (Wildman–Crippen MR) is 63.4 cm³/mol. The molecule has 8 heteroatoms. The zero-order valence-corrected chi connectivity index (χ0v) is 11.2. The summed E-state index contributed by atoms with van der Waals surface area (Å²) >= 11 is 0. The highest BCUT2D eigenvalue weighted by Gasteiger charge is 2.48. The van der Waals surface area contributed by atoms with E-state index in [1.54, 1.807) is 0 Å². The van der Waals surface area contributed by atoms with Gasteiger partial charge < -0.3 is 5.11 Å². The van der Waals surface area contributed by atoms with Gasteiger partial charge in [-0.15, -0.1) is 0 Å².